The molecule has 0 heterocycles. The number of aryl methyl sites for hydroxylation is 2. The average Bonchev–Trinajstić information content (AvgIpc) is 2.25. The maximum absolute atomic E-state index is 9.87. The number of likely N-dealkylation sites (N-methyl/N-ethyl adjacent to an activating group) is 1. The Balaban J connectivity index is 2.59. The Morgan fingerprint density at radius 1 is 1.24 bits per heavy atom. The SMILES string of the molecule is CNCCC(O)CN(C)c1cc(C)cc(C)c1. The minimum Gasteiger partial charge on any atom is -0.391 e. The lowest BCUT2D eigenvalue weighted by molar-refractivity contribution is 0.171. The largest absolute Gasteiger partial charge is 0.391 e. The van der Waals surface area contributed by atoms with Crippen LogP contribution in [0.4, 0.5) is 5.69 Å². The molecule has 2 N–H and O–H groups in total. The van der Waals surface area contributed by atoms with Gasteiger partial charge < -0.3 is 15.3 Å². The Labute approximate surface area is 104 Å². The lowest BCUT2D eigenvalue weighted by atomic mass is 10.1. The Hall–Kier alpha value is -1.06. The minimum atomic E-state index is -0.284. The van der Waals surface area contributed by atoms with E-state index in [4.69, 9.17) is 0 Å². The van der Waals surface area contributed by atoms with Gasteiger partial charge in [0.25, 0.3) is 0 Å². The first-order valence-electron chi connectivity index (χ1n) is 6.15. The molecule has 1 rings (SSSR count). The molecule has 0 saturated heterocycles. The van der Waals surface area contributed by atoms with Crippen LogP contribution in [0.1, 0.15) is 17.5 Å². The highest BCUT2D eigenvalue weighted by molar-refractivity contribution is 5.50. The van der Waals surface area contributed by atoms with Gasteiger partial charge in [-0.25, -0.2) is 0 Å². The number of nitrogens with zero attached hydrogens (tertiary/aromatic N) is 1. The molecule has 3 nitrogen and oxygen atoms in total. The second kappa shape index (κ2) is 6.62. The van der Waals surface area contributed by atoms with Gasteiger partial charge in [0, 0.05) is 19.3 Å². The van der Waals surface area contributed by atoms with E-state index in [1.807, 2.05) is 14.1 Å². The Kier molecular flexibility index (Phi) is 5.45. The molecule has 0 aliphatic carbocycles. The lowest BCUT2D eigenvalue weighted by Gasteiger charge is -2.23. The van der Waals surface area contributed by atoms with Crippen LogP contribution in [0.2, 0.25) is 0 Å². The van der Waals surface area contributed by atoms with Crippen molar-refractivity contribution in [3.05, 3.63) is 29.3 Å². The van der Waals surface area contributed by atoms with Crippen molar-refractivity contribution in [1.82, 2.24) is 5.32 Å². The molecule has 0 radical (unpaired) electrons. The van der Waals surface area contributed by atoms with Crippen molar-refractivity contribution in [2.24, 2.45) is 0 Å². The fraction of sp³-hybridized carbons (Fsp3) is 0.571. The molecule has 0 amide bonds. The number of hydrogen-bond acceptors (Lipinski definition) is 3. The van der Waals surface area contributed by atoms with E-state index < -0.39 is 0 Å². The van der Waals surface area contributed by atoms with E-state index in [1.165, 1.54) is 16.8 Å². The molecule has 0 saturated carbocycles. The van der Waals surface area contributed by atoms with Gasteiger partial charge in [-0.1, -0.05) is 6.07 Å². The van der Waals surface area contributed by atoms with E-state index in [-0.39, 0.29) is 6.10 Å². The first-order valence-corrected chi connectivity index (χ1v) is 6.15. The first-order chi connectivity index (χ1) is 8.02. The van der Waals surface area contributed by atoms with Crippen molar-refractivity contribution in [2.75, 3.05) is 32.1 Å². The van der Waals surface area contributed by atoms with Crippen molar-refractivity contribution in [3.8, 4) is 0 Å². The smallest absolute Gasteiger partial charge is 0.0727 e. The summed E-state index contributed by atoms with van der Waals surface area (Å²) < 4.78 is 0. The van der Waals surface area contributed by atoms with Gasteiger partial charge in [-0.15, -0.1) is 0 Å². The molecule has 3 heteroatoms. The summed E-state index contributed by atoms with van der Waals surface area (Å²) in [5, 5.41) is 12.9. The summed E-state index contributed by atoms with van der Waals surface area (Å²) in [5.74, 6) is 0. The number of benzene rings is 1. The fourth-order valence-corrected chi connectivity index (χ4v) is 1.99. The van der Waals surface area contributed by atoms with Gasteiger partial charge in [0.05, 0.1) is 6.10 Å². The summed E-state index contributed by atoms with van der Waals surface area (Å²) in [7, 11) is 3.93. The molecule has 1 aromatic carbocycles. The van der Waals surface area contributed by atoms with Crippen LogP contribution in [0.3, 0.4) is 0 Å². The minimum absolute atomic E-state index is 0.284. The topological polar surface area (TPSA) is 35.5 Å². The molecule has 1 aromatic rings. The highest BCUT2D eigenvalue weighted by Crippen LogP contribution is 2.17. The second-order valence-electron chi connectivity index (χ2n) is 4.77. The molecule has 0 aliphatic heterocycles. The maximum atomic E-state index is 9.87. The third-order valence-electron chi connectivity index (χ3n) is 2.86. The van der Waals surface area contributed by atoms with Gasteiger partial charge in [-0.3, -0.25) is 0 Å². The normalized spacial score (nSPS) is 12.5. The molecular formula is C14H24N2O. The highest BCUT2D eigenvalue weighted by Gasteiger charge is 2.09. The van der Waals surface area contributed by atoms with Crippen molar-refractivity contribution < 1.29 is 5.11 Å². The monoisotopic (exact) mass is 236 g/mol. The standard InChI is InChI=1S/C14H24N2O/c1-11-7-12(2)9-13(8-11)16(4)10-14(17)5-6-15-3/h7-9,14-15,17H,5-6,10H2,1-4H3. The summed E-state index contributed by atoms with van der Waals surface area (Å²) in [4.78, 5) is 2.11. The molecule has 0 aliphatic rings. The molecule has 0 bridgehead atoms. The van der Waals surface area contributed by atoms with Crippen LogP contribution in [0, 0.1) is 13.8 Å². The predicted octanol–water partition coefficient (Wildman–Crippen LogP) is 1.71. The third kappa shape index (κ3) is 4.75. The van der Waals surface area contributed by atoms with Crippen LogP contribution < -0.4 is 10.2 Å². The number of anilines is 1. The van der Waals surface area contributed by atoms with Gasteiger partial charge in [-0.05, 0) is 57.1 Å². The van der Waals surface area contributed by atoms with Crippen LogP contribution in [0.15, 0.2) is 18.2 Å². The summed E-state index contributed by atoms with van der Waals surface area (Å²) in [5.41, 5.74) is 3.69. The van der Waals surface area contributed by atoms with Crippen LogP contribution in [-0.2, 0) is 0 Å². The molecule has 17 heavy (non-hydrogen) atoms. The maximum Gasteiger partial charge on any atom is 0.0727 e. The number of nitrogens with one attached hydrogen (secondary N) is 1. The number of aliphatic hydroxyl groups is 1. The second-order valence-corrected chi connectivity index (χ2v) is 4.77. The van der Waals surface area contributed by atoms with E-state index in [0.717, 1.165) is 13.0 Å². The lowest BCUT2D eigenvalue weighted by Crippen LogP contribution is -2.31. The summed E-state index contributed by atoms with van der Waals surface area (Å²) >= 11 is 0. The number of hydrogen-bond donors (Lipinski definition) is 2. The van der Waals surface area contributed by atoms with Crippen LogP contribution in [0.25, 0.3) is 0 Å². The zero-order valence-corrected chi connectivity index (χ0v) is 11.3. The van der Waals surface area contributed by atoms with Crippen LogP contribution >= 0.6 is 0 Å². The van der Waals surface area contributed by atoms with Gasteiger partial charge in [-0.2, -0.15) is 0 Å². The Morgan fingerprint density at radius 2 is 1.82 bits per heavy atom. The summed E-state index contributed by atoms with van der Waals surface area (Å²) in [6.07, 6.45) is 0.499. The average molecular weight is 236 g/mol. The molecule has 0 aromatic heterocycles. The number of rotatable bonds is 6. The zero-order valence-electron chi connectivity index (χ0n) is 11.3. The van der Waals surface area contributed by atoms with Crippen molar-refractivity contribution in [1.29, 1.82) is 0 Å². The van der Waals surface area contributed by atoms with Crippen LogP contribution in [0.5, 0.6) is 0 Å². The van der Waals surface area contributed by atoms with Crippen molar-refractivity contribution in [3.63, 3.8) is 0 Å². The molecular weight excluding hydrogens is 212 g/mol. The Morgan fingerprint density at radius 3 is 2.35 bits per heavy atom. The summed E-state index contributed by atoms with van der Waals surface area (Å²) in [6, 6.07) is 6.46. The predicted molar refractivity (Wildman–Crippen MR) is 73.7 cm³/mol. The van der Waals surface area contributed by atoms with E-state index in [2.05, 4.69) is 42.3 Å². The van der Waals surface area contributed by atoms with Gasteiger partial charge in [0.15, 0.2) is 0 Å². The number of aliphatic hydroxyl groups excluding tert-OH is 1. The van der Waals surface area contributed by atoms with Gasteiger partial charge in [0.1, 0.15) is 0 Å². The quantitative estimate of drug-likeness (QED) is 0.789. The molecule has 0 spiro atoms. The fourth-order valence-electron chi connectivity index (χ4n) is 1.99. The van der Waals surface area contributed by atoms with Gasteiger partial charge >= 0.3 is 0 Å². The van der Waals surface area contributed by atoms with E-state index in [1.54, 1.807) is 0 Å². The van der Waals surface area contributed by atoms with E-state index in [0.29, 0.717) is 6.54 Å². The summed E-state index contributed by atoms with van der Waals surface area (Å²) in [6.45, 7) is 5.72. The van der Waals surface area contributed by atoms with Crippen molar-refractivity contribution >= 4 is 5.69 Å². The Bertz CT molecular complexity index is 332. The molecule has 96 valence electrons. The molecule has 1 unspecified atom stereocenters. The van der Waals surface area contributed by atoms with Crippen molar-refractivity contribution in [2.45, 2.75) is 26.4 Å². The first kappa shape index (κ1) is 14.0. The van der Waals surface area contributed by atoms with E-state index >= 15 is 0 Å². The van der Waals surface area contributed by atoms with Crippen LogP contribution in [-0.4, -0.2) is 38.4 Å². The zero-order chi connectivity index (χ0) is 12.8. The molecule has 0 fully saturated rings. The highest BCUT2D eigenvalue weighted by atomic mass is 16.3. The van der Waals surface area contributed by atoms with E-state index in [9.17, 15) is 5.11 Å². The molecule has 1 atom stereocenters. The third-order valence-corrected chi connectivity index (χ3v) is 2.86. The van der Waals surface area contributed by atoms with Gasteiger partial charge in [0.2, 0.25) is 0 Å².